The maximum atomic E-state index is 13.2. The molecule has 3 rings (SSSR count). The standard InChI is InChI=1S/C21H22FNO3/c1-5-13-10-16-20(25)18(14-6-8-15(22)9-7-14)12(2)26-21(16)17(19(13)24)11-23(3)4/h6-10,24H,5,11H2,1-4H3. The van der Waals surface area contributed by atoms with Crippen LogP contribution in [0.25, 0.3) is 22.1 Å². The molecule has 3 aromatic rings. The number of benzene rings is 2. The van der Waals surface area contributed by atoms with E-state index >= 15 is 0 Å². The van der Waals surface area contributed by atoms with E-state index in [9.17, 15) is 14.3 Å². The van der Waals surface area contributed by atoms with E-state index in [0.29, 0.717) is 51.9 Å². The highest BCUT2D eigenvalue weighted by Crippen LogP contribution is 2.34. The van der Waals surface area contributed by atoms with Gasteiger partial charge in [-0.2, -0.15) is 0 Å². The van der Waals surface area contributed by atoms with Crippen molar-refractivity contribution in [2.45, 2.75) is 26.8 Å². The Kier molecular flexibility index (Phi) is 4.83. The summed E-state index contributed by atoms with van der Waals surface area (Å²) in [5.41, 5.74) is 2.57. The average molecular weight is 355 g/mol. The summed E-state index contributed by atoms with van der Waals surface area (Å²) in [4.78, 5) is 15.1. The molecular weight excluding hydrogens is 333 g/mol. The number of hydrogen-bond acceptors (Lipinski definition) is 4. The molecule has 0 saturated carbocycles. The van der Waals surface area contributed by atoms with E-state index in [-0.39, 0.29) is 17.0 Å². The number of phenolic OH excluding ortho intramolecular Hbond substituents is 1. The summed E-state index contributed by atoms with van der Waals surface area (Å²) in [7, 11) is 3.78. The van der Waals surface area contributed by atoms with Crippen LogP contribution in [-0.4, -0.2) is 24.1 Å². The molecule has 4 nitrogen and oxygen atoms in total. The Morgan fingerprint density at radius 1 is 1.19 bits per heavy atom. The monoisotopic (exact) mass is 355 g/mol. The molecule has 0 bridgehead atoms. The van der Waals surface area contributed by atoms with Crippen molar-refractivity contribution in [1.29, 1.82) is 0 Å². The number of aromatic hydroxyl groups is 1. The van der Waals surface area contributed by atoms with Crippen LogP contribution in [0, 0.1) is 12.7 Å². The highest BCUT2D eigenvalue weighted by molar-refractivity contribution is 5.87. The van der Waals surface area contributed by atoms with Gasteiger partial charge in [0.15, 0.2) is 0 Å². The van der Waals surface area contributed by atoms with Gasteiger partial charge in [-0.05, 0) is 56.8 Å². The van der Waals surface area contributed by atoms with E-state index < -0.39 is 0 Å². The number of hydrogen-bond donors (Lipinski definition) is 1. The van der Waals surface area contributed by atoms with Gasteiger partial charge in [0, 0.05) is 6.54 Å². The maximum Gasteiger partial charge on any atom is 0.200 e. The Balaban J connectivity index is 2.37. The summed E-state index contributed by atoms with van der Waals surface area (Å²) in [6.07, 6.45) is 0.599. The van der Waals surface area contributed by atoms with Crippen LogP contribution < -0.4 is 5.43 Å². The fourth-order valence-corrected chi connectivity index (χ4v) is 3.24. The lowest BCUT2D eigenvalue weighted by molar-refractivity contribution is 0.382. The van der Waals surface area contributed by atoms with Crippen LogP contribution in [0.1, 0.15) is 23.8 Å². The van der Waals surface area contributed by atoms with E-state index in [1.54, 1.807) is 25.1 Å². The van der Waals surface area contributed by atoms with Gasteiger partial charge in [0.2, 0.25) is 5.43 Å². The lowest BCUT2D eigenvalue weighted by Gasteiger charge is -2.17. The van der Waals surface area contributed by atoms with Crippen LogP contribution in [0.2, 0.25) is 0 Å². The molecule has 0 atom stereocenters. The first-order valence-corrected chi connectivity index (χ1v) is 8.55. The third kappa shape index (κ3) is 3.10. The van der Waals surface area contributed by atoms with Crippen LogP contribution in [0.3, 0.4) is 0 Å². The lowest BCUT2D eigenvalue weighted by Crippen LogP contribution is -2.14. The highest BCUT2D eigenvalue weighted by atomic mass is 19.1. The van der Waals surface area contributed by atoms with E-state index in [1.807, 2.05) is 25.9 Å². The van der Waals surface area contributed by atoms with Gasteiger partial charge in [0.25, 0.3) is 0 Å². The fourth-order valence-electron chi connectivity index (χ4n) is 3.24. The predicted molar refractivity (Wildman–Crippen MR) is 101 cm³/mol. The summed E-state index contributed by atoms with van der Waals surface area (Å²) < 4.78 is 19.2. The molecule has 0 amide bonds. The summed E-state index contributed by atoms with van der Waals surface area (Å²) >= 11 is 0. The first-order valence-electron chi connectivity index (χ1n) is 8.55. The minimum Gasteiger partial charge on any atom is -0.507 e. The third-order valence-electron chi connectivity index (χ3n) is 4.49. The lowest BCUT2D eigenvalue weighted by atomic mass is 9.98. The van der Waals surface area contributed by atoms with Gasteiger partial charge >= 0.3 is 0 Å². The molecule has 0 spiro atoms. The molecule has 2 aromatic carbocycles. The molecule has 1 aromatic heterocycles. The number of aryl methyl sites for hydroxylation is 2. The third-order valence-corrected chi connectivity index (χ3v) is 4.49. The summed E-state index contributed by atoms with van der Waals surface area (Å²) in [5, 5.41) is 11.0. The Hall–Kier alpha value is -2.66. The first kappa shape index (κ1) is 18.1. The van der Waals surface area contributed by atoms with Crippen molar-refractivity contribution in [1.82, 2.24) is 4.90 Å². The molecule has 0 aliphatic heterocycles. The van der Waals surface area contributed by atoms with Crippen molar-refractivity contribution < 1.29 is 13.9 Å². The largest absolute Gasteiger partial charge is 0.507 e. The molecule has 0 aliphatic carbocycles. The van der Waals surface area contributed by atoms with Crippen LogP contribution in [-0.2, 0) is 13.0 Å². The van der Waals surface area contributed by atoms with Gasteiger partial charge < -0.3 is 14.4 Å². The Bertz CT molecular complexity index is 1020. The van der Waals surface area contributed by atoms with Crippen LogP contribution in [0.5, 0.6) is 5.75 Å². The van der Waals surface area contributed by atoms with Gasteiger partial charge in [0.05, 0.1) is 16.5 Å². The Morgan fingerprint density at radius 2 is 1.85 bits per heavy atom. The molecular formula is C21H22FNO3. The second-order valence-electron chi connectivity index (χ2n) is 6.70. The molecule has 1 N–H and O–H groups in total. The van der Waals surface area contributed by atoms with Crippen LogP contribution in [0.15, 0.2) is 39.5 Å². The fraction of sp³-hybridized carbons (Fsp3) is 0.286. The molecule has 26 heavy (non-hydrogen) atoms. The zero-order valence-corrected chi connectivity index (χ0v) is 15.4. The van der Waals surface area contributed by atoms with E-state index in [0.717, 1.165) is 0 Å². The van der Waals surface area contributed by atoms with Crippen molar-refractivity contribution in [3.05, 3.63) is 63.3 Å². The topological polar surface area (TPSA) is 53.7 Å². The van der Waals surface area contributed by atoms with Crippen molar-refractivity contribution in [3.63, 3.8) is 0 Å². The van der Waals surface area contributed by atoms with Gasteiger partial charge in [-0.3, -0.25) is 4.79 Å². The normalized spacial score (nSPS) is 11.5. The second kappa shape index (κ2) is 6.92. The number of halogens is 1. The van der Waals surface area contributed by atoms with E-state index in [2.05, 4.69) is 0 Å². The molecule has 0 unspecified atom stereocenters. The molecule has 5 heteroatoms. The summed E-state index contributed by atoms with van der Waals surface area (Å²) in [6, 6.07) is 7.49. The average Bonchev–Trinajstić information content (AvgIpc) is 2.59. The van der Waals surface area contributed by atoms with Crippen molar-refractivity contribution in [2.24, 2.45) is 0 Å². The maximum absolute atomic E-state index is 13.2. The number of phenols is 1. The highest BCUT2D eigenvalue weighted by Gasteiger charge is 2.20. The zero-order chi connectivity index (χ0) is 19.0. The molecule has 0 fully saturated rings. The number of rotatable bonds is 4. The molecule has 136 valence electrons. The van der Waals surface area contributed by atoms with Crippen molar-refractivity contribution in [3.8, 4) is 16.9 Å². The Labute approximate surface area is 151 Å². The summed E-state index contributed by atoms with van der Waals surface area (Å²) in [6.45, 7) is 4.09. The Morgan fingerprint density at radius 3 is 2.42 bits per heavy atom. The quantitative estimate of drug-likeness (QED) is 0.761. The smallest absolute Gasteiger partial charge is 0.200 e. The predicted octanol–water partition coefficient (Wildman–Crippen LogP) is 4.24. The zero-order valence-electron chi connectivity index (χ0n) is 15.4. The molecule has 0 aliphatic rings. The summed E-state index contributed by atoms with van der Waals surface area (Å²) in [5.74, 6) is 0.256. The number of nitrogens with zero attached hydrogens (tertiary/aromatic N) is 1. The molecule has 1 heterocycles. The van der Waals surface area contributed by atoms with Gasteiger partial charge in [-0.25, -0.2) is 4.39 Å². The molecule has 0 radical (unpaired) electrons. The first-order chi connectivity index (χ1) is 12.3. The van der Waals surface area contributed by atoms with Crippen LogP contribution >= 0.6 is 0 Å². The van der Waals surface area contributed by atoms with Crippen LogP contribution in [0.4, 0.5) is 4.39 Å². The van der Waals surface area contributed by atoms with Gasteiger partial charge in [-0.15, -0.1) is 0 Å². The van der Waals surface area contributed by atoms with Gasteiger partial charge in [-0.1, -0.05) is 19.1 Å². The SMILES string of the molecule is CCc1cc2c(=O)c(-c3ccc(F)cc3)c(C)oc2c(CN(C)C)c1O. The minimum absolute atomic E-state index is 0.172. The van der Waals surface area contributed by atoms with Crippen molar-refractivity contribution in [2.75, 3.05) is 14.1 Å². The minimum atomic E-state index is -0.358. The number of fused-ring (bicyclic) bond motifs is 1. The van der Waals surface area contributed by atoms with Gasteiger partial charge in [0.1, 0.15) is 22.9 Å². The van der Waals surface area contributed by atoms with E-state index in [1.165, 1.54) is 12.1 Å². The van der Waals surface area contributed by atoms with E-state index in [4.69, 9.17) is 4.42 Å². The second-order valence-corrected chi connectivity index (χ2v) is 6.70. The van der Waals surface area contributed by atoms with Crippen molar-refractivity contribution >= 4 is 11.0 Å². The molecule has 0 saturated heterocycles.